The molecule has 12 rings (SSSR count). The second kappa shape index (κ2) is 12.1. The van der Waals surface area contributed by atoms with Gasteiger partial charge in [-0.1, -0.05) is 172 Å². The second-order valence-corrected chi connectivity index (χ2v) is 18.5. The quantitative estimate of drug-likeness (QED) is 0.163. The lowest BCUT2D eigenvalue weighted by Crippen LogP contribution is -2.70. The second-order valence-electron chi connectivity index (χ2n) is 18.5. The number of rotatable bonds is 3. The van der Waals surface area contributed by atoms with Crippen molar-refractivity contribution in [1.29, 1.82) is 0 Å². The van der Waals surface area contributed by atoms with Gasteiger partial charge in [0, 0.05) is 27.9 Å². The minimum absolute atomic E-state index is 0.0988. The van der Waals surface area contributed by atoms with E-state index in [0.29, 0.717) is 0 Å². The molecule has 0 saturated carbocycles. The lowest BCUT2D eigenvalue weighted by Gasteiger charge is -2.51. The first kappa shape index (κ1) is 34.7. The lowest BCUT2D eigenvalue weighted by molar-refractivity contribution is 0.640. The number of hydrogen-bond acceptors (Lipinski definition) is 1. The van der Waals surface area contributed by atoms with Crippen molar-refractivity contribution in [2.24, 2.45) is 0 Å². The normalized spacial score (nSPS) is 15.5. The molecule has 8 aromatic carbocycles. The van der Waals surface area contributed by atoms with E-state index < -0.39 is 0 Å². The Bertz CT molecular complexity index is 2890. The van der Waals surface area contributed by atoms with Crippen LogP contribution in [0.15, 0.2) is 164 Å². The Morgan fingerprint density at radius 2 is 0.746 bits per heavy atom. The van der Waals surface area contributed by atoms with Crippen molar-refractivity contribution < 1.29 is 0 Å². The fourth-order valence-corrected chi connectivity index (χ4v) is 12.2. The molecular formula is C56H45B2N. The van der Waals surface area contributed by atoms with Crippen LogP contribution in [-0.2, 0) is 10.8 Å². The fraction of sp³-hybridized carbons (Fsp3) is 0.143. The van der Waals surface area contributed by atoms with Gasteiger partial charge in [0.05, 0.1) is 0 Å². The molecule has 8 aromatic rings. The smallest absolute Gasteiger partial charge is 0.247 e. The number of hydrogen-bond donors (Lipinski definition) is 0. The van der Waals surface area contributed by atoms with E-state index in [1.807, 2.05) is 0 Å². The monoisotopic (exact) mass is 753 g/mol. The third-order valence-corrected chi connectivity index (χ3v) is 14.6. The van der Waals surface area contributed by atoms with Gasteiger partial charge in [0.1, 0.15) is 0 Å². The molecule has 4 aliphatic rings. The fourth-order valence-electron chi connectivity index (χ4n) is 12.2. The average molecular weight is 754 g/mol. The van der Waals surface area contributed by atoms with Gasteiger partial charge in [0.15, 0.2) is 0 Å². The molecule has 3 heteroatoms. The Hall–Kier alpha value is -6.31. The number of fused-ring (bicyclic) bond motifs is 8. The molecule has 4 heterocycles. The molecule has 0 bridgehead atoms. The number of aryl methyl sites for hydroxylation is 2. The minimum Gasteiger partial charge on any atom is -0.313 e. The molecule has 0 unspecified atom stereocenters. The van der Waals surface area contributed by atoms with E-state index in [9.17, 15) is 0 Å². The Kier molecular flexibility index (Phi) is 7.13. The highest BCUT2D eigenvalue weighted by Crippen LogP contribution is 2.48. The summed E-state index contributed by atoms with van der Waals surface area (Å²) in [7, 11) is 0. The highest BCUT2D eigenvalue weighted by Gasteiger charge is 2.52. The van der Waals surface area contributed by atoms with E-state index in [2.05, 4.69) is 210 Å². The van der Waals surface area contributed by atoms with Crippen LogP contribution in [0, 0.1) is 13.8 Å². The zero-order valence-electron chi connectivity index (χ0n) is 34.7. The highest BCUT2D eigenvalue weighted by atomic mass is 15.2. The molecule has 0 aromatic heterocycles. The number of benzene rings is 8. The van der Waals surface area contributed by atoms with Gasteiger partial charge in [0.2, 0.25) is 13.4 Å². The molecule has 280 valence electrons. The van der Waals surface area contributed by atoms with E-state index in [4.69, 9.17) is 0 Å². The third kappa shape index (κ3) is 4.65. The van der Waals surface area contributed by atoms with Crippen LogP contribution in [0.1, 0.15) is 61.1 Å². The highest BCUT2D eigenvalue weighted by molar-refractivity contribution is 7.03. The Morgan fingerprint density at radius 1 is 0.373 bits per heavy atom. The number of nitrogens with zero attached hydrogens (tertiary/aromatic N) is 1. The maximum Gasteiger partial charge on any atom is 0.247 e. The molecule has 59 heavy (non-hydrogen) atoms. The van der Waals surface area contributed by atoms with Crippen LogP contribution >= 0.6 is 0 Å². The molecule has 0 spiro atoms. The average Bonchev–Trinajstić information content (AvgIpc) is 3.26. The van der Waals surface area contributed by atoms with Crippen LogP contribution in [0.5, 0.6) is 0 Å². The Morgan fingerprint density at radius 3 is 1.19 bits per heavy atom. The molecule has 0 radical (unpaired) electrons. The summed E-state index contributed by atoms with van der Waals surface area (Å²) in [5, 5.41) is 0. The summed E-state index contributed by atoms with van der Waals surface area (Å²) in [5.41, 5.74) is 28.3. The van der Waals surface area contributed by atoms with E-state index in [0.717, 1.165) is 0 Å². The van der Waals surface area contributed by atoms with E-state index >= 15 is 0 Å². The summed E-state index contributed by atoms with van der Waals surface area (Å²) >= 11 is 0. The van der Waals surface area contributed by atoms with Crippen LogP contribution < -0.4 is 37.7 Å². The number of anilines is 3. The first-order valence-corrected chi connectivity index (χ1v) is 21.3. The van der Waals surface area contributed by atoms with Crippen LogP contribution in [0.25, 0.3) is 33.4 Å². The molecule has 0 aliphatic carbocycles. The molecule has 0 atom stereocenters. The van der Waals surface area contributed by atoms with Crippen molar-refractivity contribution >= 4 is 63.3 Å². The summed E-state index contributed by atoms with van der Waals surface area (Å²) < 4.78 is 0. The van der Waals surface area contributed by atoms with E-state index in [1.54, 1.807) is 0 Å². The van der Waals surface area contributed by atoms with Gasteiger partial charge in [-0.25, -0.2) is 0 Å². The van der Waals surface area contributed by atoms with Gasteiger partial charge >= 0.3 is 0 Å². The van der Waals surface area contributed by atoms with Gasteiger partial charge in [-0.15, -0.1) is 0 Å². The largest absolute Gasteiger partial charge is 0.313 e. The summed E-state index contributed by atoms with van der Waals surface area (Å²) in [5.74, 6) is 0. The van der Waals surface area contributed by atoms with Gasteiger partial charge in [0.25, 0.3) is 0 Å². The van der Waals surface area contributed by atoms with Crippen molar-refractivity contribution in [1.82, 2.24) is 0 Å². The van der Waals surface area contributed by atoms with Crippen LogP contribution in [0.2, 0.25) is 0 Å². The summed E-state index contributed by atoms with van der Waals surface area (Å²) in [6.07, 6.45) is 0. The van der Waals surface area contributed by atoms with Gasteiger partial charge in [-0.3, -0.25) is 0 Å². The molecule has 1 nitrogen and oxygen atoms in total. The zero-order chi connectivity index (χ0) is 39.9. The van der Waals surface area contributed by atoms with Crippen molar-refractivity contribution in [3.63, 3.8) is 0 Å². The minimum atomic E-state index is -0.152. The van der Waals surface area contributed by atoms with Gasteiger partial charge in [-0.05, 0) is 133 Å². The molecule has 0 amide bonds. The Balaban J connectivity index is 1.24. The van der Waals surface area contributed by atoms with Crippen LogP contribution in [0.4, 0.5) is 17.1 Å². The van der Waals surface area contributed by atoms with E-state index in [-0.39, 0.29) is 24.3 Å². The third-order valence-electron chi connectivity index (χ3n) is 14.6. The summed E-state index contributed by atoms with van der Waals surface area (Å²) in [4.78, 5) is 2.70. The van der Waals surface area contributed by atoms with Crippen molar-refractivity contribution in [3.8, 4) is 33.4 Å². The van der Waals surface area contributed by atoms with Crippen molar-refractivity contribution in [2.75, 3.05) is 4.90 Å². The van der Waals surface area contributed by atoms with Gasteiger partial charge < -0.3 is 4.90 Å². The zero-order valence-corrected chi connectivity index (χ0v) is 34.7. The Labute approximate surface area is 349 Å². The molecular weight excluding hydrogens is 708 g/mol. The predicted molar refractivity (Wildman–Crippen MR) is 253 cm³/mol. The topological polar surface area (TPSA) is 3.24 Å². The van der Waals surface area contributed by atoms with E-state index in [1.165, 1.54) is 117 Å². The van der Waals surface area contributed by atoms with Crippen molar-refractivity contribution in [2.45, 2.75) is 52.4 Å². The standard InChI is InChI=1S/C56H45B2N/c1-34-25-27-48-52-50(34)55(3,4)42-21-13-15-23-44(42)57(52)46-32-41(40-30-38(36-17-9-7-10-18-36)29-39(31-40)37-19-11-8-12-20-37)33-47-54(46)59(48)49-28-26-35(2)51-53(49)58(47)45-24-16-14-22-43(45)56(51,5)6/h7-33H,1-6H3. The first-order chi connectivity index (χ1) is 28.6. The maximum absolute atomic E-state index is 2.70. The maximum atomic E-state index is 2.70. The summed E-state index contributed by atoms with van der Waals surface area (Å²) in [6.45, 7) is 14.6. The lowest BCUT2D eigenvalue weighted by atomic mass is 9.26. The van der Waals surface area contributed by atoms with Crippen LogP contribution in [-0.4, -0.2) is 13.4 Å². The molecule has 0 fully saturated rings. The first-order valence-electron chi connectivity index (χ1n) is 21.3. The van der Waals surface area contributed by atoms with Gasteiger partial charge in [-0.2, -0.15) is 0 Å². The molecule has 4 aliphatic heterocycles. The predicted octanol–water partition coefficient (Wildman–Crippen LogP) is 9.71. The molecule has 0 saturated heterocycles. The van der Waals surface area contributed by atoms with Crippen molar-refractivity contribution in [3.05, 3.63) is 197 Å². The van der Waals surface area contributed by atoms with Crippen LogP contribution in [0.3, 0.4) is 0 Å². The SMILES string of the molecule is Cc1ccc2c3c1C(C)(C)c1ccccc1B3c1cc(-c3cc(-c4ccccc4)cc(-c4ccccc4)c3)cc3c1N2c1ccc(C)c2c1B3c1ccccc1C2(C)C. The molecule has 0 N–H and O–H groups in total. The summed E-state index contributed by atoms with van der Waals surface area (Å²) in [6, 6.07) is 62.5.